The van der Waals surface area contributed by atoms with Gasteiger partial charge in [-0.3, -0.25) is 4.79 Å². The lowest BCUT2D eigenvalue weighted by Gasteiger charge is -2.36. The molecule has 2 rings (SSSR count). The van der Waals surface area contributed by atoms with E-state index in [9.17, 15) is 4.79 Å². The normalized spacial score (nSPS) is 18.9. The van der Waals surface area contributed by atoms with Crippen molar-refractivity contribution in [1.29, 1.82) is 0 Å². The summed E-state index contributed by atoms with van der Waals surface area (Å²) in [5.74, 6) is -0.0508. The molecule has 0 aromatic carbocycles. The topological polar surface area (TPSA) is 64.4 Å². The Morgan fingerprint density at radius 3 is 2.81 bits per heavy atom. The van der Waals surface area contributed by atoms with Crippen molar-refractivity contribution in [3.05, 3.63) is 22.4 Å². The summed E-state index contributed by atoms with van der Waals surface area (Å²) in [4.78, 5) is 14.3. The molecule has 1 amide bonds. The molecule has 0 spiro atoms. The van der Waals surface area contributed by atoms with E-state index in [2.05, 4.69) is 18.3 Å². The highest BCUT2D eigenvalue weighted by Crippen LogP contribution is 2.33. The molecule has 2 heterocycles. The number of nitrogens with one attached hydrogen (secondary N) is 1. The number of carbonyl (C=O) groups is 1. The lowest BCUT2D eigenvalue weighted by Crippen LogP contribution is -2.52. The fourth-order valence-corrected chi connectivity index (χ4v) is 3.77. The standard InChI is InChI=1S/C15H22N2O2S2/c1-2-4-11(12-5-3-10-21-12)17-14(18)15(13(16)20)6-8-19-9-7-15/h3,5,10-11H,2,4,6-9H2,1H3,(H2,16,20)(H,17,18). The first-order valence-electron chi connectivity index (χ1n) is 7.32. The fraction of sp³-hybridized carbons (Fsp3) is 0.600. The Bertz CT molecular complexity index is 482. The molecule has 0 radical (unpaired) electrons. The monoisotopic (exact) mass is 326 g/mol. The lowest BCUT2D eigenvalue weighted by atomic mass is 9.79. The highest BCUT2D eigenvalue weighted by Gasteiger charge is 2.43. The highest BCUT2D eigenvalue weighted by molar-refractivity contribution is 7.80. The van der Waals surface area contributed by atoms with Crippen LogP contribution in [0.15, 0.2) is 17.5 Å². The van der Waals surface area contributed by atoms with E-state index in [1.165, 1.54) is 4.88 Å². The fourth-order valence-electron chi connectivity index (χ4n) is 2.67. The van der Waals surface area contributed by atoms with Crippen LogP contribution in [-0.2, 0) is 9.53 Å². The number of nitrogens with two attached hydrogens (primary N) is 1. The van der Waals surface area contributed by atoms with Gasteiger partial charge in [-0.2, -0.15) is 0 Å². The Morgan fingerprint density at radius 2 is 2.29 bits per heavy atom. The molecule has 1 aromatic heterocycles. The van der Waals surface area contributed by atoms with Gasteiger partial charge in [0.15, 0.2) is 0 Å². The lowest BCUT2D eigenvalue weighted by molar-refractivity contribution is -0.132. The van der Waals surface area contributed by atoms with Crippen LogP contribution >= 0.6 is 23.6 Å². The first-order chi connectivity index (χ1) is 10.1. The second-order valence-electron chi connectivity index (χ2n) is 5.39. The molecule has 1 fully saturated rings. The van der Waals surface area contributed by atoms with Crippen LogP contribution in [0.25, 0.3) is 0 Å². The highest BCUT2D eigenvalue weighted by atomic mass is 32.1. The van der Waals surface area contributed by atoms with E-state index >= 15 is 0 Å². The van der Waals surface area contributed by atoms with Gasteiger partial charge in [0.1, 0.15) is 5.41 Å². The molecule has 1 unspecified atom stereocenters. The Labute approximate surface area is 135 Å². The van der Waals surface area contributed by atoms with Crippen molar-refractivity contribution in [2.75, 3.05) is 13.2 Å². The minimum Gasteiger partial charge on any atom is -0.392 e. The van der Waals surface area contributed by atoms with Crippen molar-refractivity contribution in [2.24, 2.45) is 11.1 Å². The van der Waals surface area contributed by atoms with Gasteiger partial charge >= 0.3 is 0 Å². The number of ether oxygens (including phenoxy) is 1. The van der Waals surface area contributed by atoms with Crippen molar-refractivity contribution in [3.8, 4) is 0 Å². The molecule has 0 saturated carbocycles. The van der Waals surface area contributed by atoms with E-state index in [-0.39, 0.29) is 16.9 Å². The van der Waals surface area contributed by atoms with Gasteiger partial charge < -0.3 is 15.8 Å². The third kappa shape index (κ3) is 3.62. The summed E-state index contributed by atoms with van der Waals surface area (Å²) in [6, 6.07) is 4.10. The maximum absolute atomic E-state index is 12.8. The largest absolute Gasteiger partial charge is 0.392 e. The first-order valence-corrected chi connectivity index (χ1v) is 8.61. The summed E-state index contributed by atoms with van der Waals surface area (Å²) >= 11 is 6.85. The quantitative estimate of drug-likeness (QED) is 0.789. The van der Waals surface area contributed by atoms with Gasteiger partial charge in [0, 0.05) is 18.1 Å². The maximum atomic E-state index is 12.8. The average molecular weight is 326 g/mol. The molecule has 116 valence electrons. The third-order valence-corrected chi connectivity index (χ3v) is 5.40. The van der Waals surface area contributed by atoms with Gasteiger partial charge in [-0.25, -0.2) is 0 Å². The number of hydrogen-bond donors (Lipinski definition) is 2. The molecule has 1 aliphatic heterocycles. The van der Waals surface area contributed by atoms with Crippen LogP contribution in [0.1, 0.15) is 43.5 Å². The minimum absolute atomic E-state index is 0.0385. The van der Waals surface area contributed by atoms with Crippen LogP contribution in [0.5, 0.6) is 0 Å². The van der Waals surface area contributed by atoms with E-state index in [4.69, 9.17) is 22.7 Å². The van der Waals surface area contributed by atoms with Crippen molar-refractivity contribution in [3.63, 3.8) is 0 Å². The van der Waals surface area contributed by atoms with E-state index in [1.54, 1.807) is 11.3 Å². The summed E-state index contributed by atoms with van der Waals surface area (Å²) < 4.78 is 5.36. The molecule has 1 saturated heterocycles. The van der Waals surface area contributed by atoms with Gasteiger partial charge in [-0.1, -0.05) is 31.6 Å². The van der Waals surface area contributed by atoms with Crippen LogP contribution in [0.2, 0.25) is 0 Å². The molecular formula is C15H22N2O2S2. The van der Waals surface area contributed by atoms with Crippen LogP contribution in [-0.4, -0.2) is 24.1 Å². The second kappa shape index (κ2) is 7.33. The summed E-state index contributed by atoms with van der Waals surface area (Å²) in [6.45, 7) is 3.18. The van der Waals surface area contributed by atoms with Gasteiger partial charge in [-0.05, 0) is 30.7 Å². The smallest absolute Gasteiger partial charge is 0.233 e. The average Bonchev–Trinajstić information content (AvgIpc) is 3.01. The van der Waals surface area contributed by atoms with E-state index in [1.807, 2.05) is 11.4 Å². The zero-order chi connectivity index (χ0) is 15.3. The van der Waals surface area contributed by atoms with Crippen LogP contribution in [0, 0.1) is 5.41 Å². The third-order valence-electron chi connectivity index (χ3n) is 4.02. The summed E-state index contributed by atoms with van der Waals surface area (Å²) in [5, 5.41) is 5.19. The zero-order valence-electron chi connectivity index (χ0n) is 12.3. The number of thiophene rings is 1. The molecule has 0 bridgehead atoms. The van der Waals surface area contributed by atoms with Gasteiger partial charge in [-0.15, -0.1) is 11.3 Å². The Balaban J connectivity index is 2.15. The molecule has 6 heteroatoms. The Morgan fingerprint density at radius 1 is 1.57 bits per heavy atom. The van der Waals surface area contributed by atoms with Crippen LogP contribution < -0.4 is 11.1 Å². The predicted molar refractivity (Wildman–Crippen MR) is 89.4 cm³/mol. The molecule has 1 aliphatic rings. The molecular weight excluding hydrogens is 304 g/mol. The van der Waals surface area contributed by atoms with Gasteiger partial charge in [0.2, 0.25) is 5.91 Å². The zero-order valence-corrected chi connectivity index (χ0v) is 13.9. The van der Waals surface area contributed by atoms with E-state index < -0.39 is 5.41 Å². The Hall–Kier alpha value is -0.980. The van der Waals surface area contributed by atoms with Crippen LogP contribution in [0.3, 0.4) is 0 Å². The molecule has 21 heavy (non-hydrogen) atoms. The molecule has 3 N–H and O–H groups in total. The summed E-state index contributed by atoms with van der Waals surface area (Å²) in [7, 11) is 0. The Kier molecular flexibility index (Phi) is 5.72. The first kappa shape index (κ1) is 16.4. The van der Waals surface area contributed by atoms with E-state index in [0.717, 1.165) is 12.8 Å². The van der Waals surface area contributed by atoms with Crippen molar-refractivity contribution in [2.45, 2.75) is 38.6 Å². The van der Waals surface area contributed by atoms with Gasteiger partial charge in [0.05, 0.1) is 11.0 Å². The van der Waals surface area contributed by atoms with Crippen molar-refractivity contribution >= 4 is 34.5 Å². The second-order valence-corrected chi connectivity index (χ2v) is 6.81. The number of thiocarbonyl (C=S) groups is 1. The minimum atomic E-state index is -0.753. The SMILES string of the molecule is CCCC(NC(=O)C1(C(N)=S)CCOCC1)c1cccs1. The molecule has 1 aromatic rings. The predicted octanol–water partition coefficient (Wildman–Crippen LogP) is 2.79. The number of rotatable bonds is 6. The molecule has 1 atom stereocenters. The van der Waals surface area contributed by atoms with Crippen molar-refractivity contribution in [1.82, 2.24) is 5.32 Å². The summed E-state index contributed by atoms with van der Waals surface area (Å²) in [6.07, 6.45) is 3.05. The molecule has 0 aliphatic carbocycles. The van der Waals surface area contributed by atoms with Gasteiger partial charge in [0.25, 0.3) is 0 Å². The number of carbonyl (C=O) groups excluding carboxylic acids is 1. The molecule has 4 nitrogen and oxygen atoms in total. The van der Waals surface area contributed by atoms with E-state index in [0.29, 0.717) is 26.1 Å². The maximum Gasteiger partial charge on any atom is 0.233 e. The van der Waals surface area contributed by atoms with Crippen LogP contribution in [0.4, 0.5) is 0 Å². The number of hydrogen-bond acceptors (Lipinski definition) is 4. The number of amides is 1. The summed E-state index contributed by atoms with van der Waals surface area (Å²) in [5.41, 5.74) is 5.14. The van der Waals surface area contributed by atoms with Crippen molar-refractivity contribution < 1.29 is 9.53 Å².